The van der Waals surface area contributed by atoms with E-state index in [1.165, 1.54) is 0 Å². The van der Waals surface area contributed by atoms with Crippen LogP contribution in [-0.2, 0) is 6.54 Å². The number of H-pyrrole nitrogens is 1. The number of nitrogens with zero attached hydrogens (tertiary/aromatic N) is 1. The number of rotatable bonds is 6. The molecule has 0 bridgehead atoms. The second-order valence-corrected chi connectivity index (χ2v) is 5.05. The van der Waals surface area contributed by atoms with Gasteiger partial charge in [0.05, 0.1) is 30.7 Å². The average molecular weight is 259 g/mol. The van der Waals surface area contributed by atoms with E-state index in [-0.39, 0.29) is 0 Å². The van der Waals surface area contributed by atoms with Gasteiger partial charge < -0.3 is 15.0 Å². The smallest absolute Gasteiger partial charge is 0.142 e. The molecule has 102 valence electrons. The van der Waals surface area contributed by atoms with Crippen molar-refractivity contribution in [2.45, 2.75) is 27.3 Å². The molecular formula is C15H21N3O. The molecule has 0 atom stereocenters. The first-order valence-electron chi connectivity index (χ1n) is 6.61. The van der Waals surface area contributed by atoms with E-state index in [4.69, 9.17) is 4.74 Å². The molecule has 1 aromatic carbocycles. The number of aromatic nitrogens is 2. The molecule has 0 aliphatic rings. The minimum absolute atomic E-state index is 0.517. The van der Waals surface area contributed by atoms with Crippen LogP contribution in [0.3, 0.4) is 0 Å². The lowest BCUT2D eigenvalue weighted by Gasteiger charge is -2.14. The van der Waals surface area contributed by atoms with Crippen molar-refractivity contribution in [1.29, 1.82) is 0 Å². The minimum Gasteiger partial charge on any atom is -0.491 e. The summed E-state index contributed by atoms with van der Waals surface area (Å²) in [5, 5.41) is 3.37. The quantitative estimate of drug-likeness (QED) is 0.836. The van der Waals surface area contributed by atoms with Gasteiger partial charge in [0.2, 0.25) is 0 Å². The number of aromatic amines is 1. The van der Waals surface area contributed by atoms with Crippen LogP contribution in [0.2, 0.25) is 0 Å². The number of anilines is 1. The number of imidazole rings is 1. The van der Waals surface area contributed by atoms with Crippen LogP contribution < -0.4 is 10.1 Å². The predicted octanol–water partition coefficient (Wildman–Crippen LogP) is 3.37. The zero-order chi connectivity index (χ0) is 13.7. The summed E-state index contributed by atoms with van der Waals surface area (Å²) in [4.78, 5) is 7.39. The topological polar surface area (TPSA) is 49.9 Å². The highest BCUT2D eigenvalue weighted by Gasteiger charge is 2.04. The summed E-state index contributed by atoms with van der Waals surface area (Å²) in [6, 6.07) is 8.01. The molecule has 0 saturated heterocycles. The summed E-state index contributed by atoms with van der Waals surface area (Å²) < 4.78 is 5.80. The van der Waals surface area contributed by atoms with Gasteiger partial charge in [-0.05, 0) is 25.0 Å². The maximum absolute atomic E-state index is 5.80. The molecule has 1 heterocycles. The van der Waals surface area contributed by atoms with Crippen LogP contribution in [0.1, 0.15) is 25.4 Å². The van der Waals surface area contributed by atoms with Crippen molar-refractivity contribution in [2.24, 2.45) is 5.92 Å². The lowest BCUT2D eigenvalue weighted by Crippen LogP contribution is -2.07. The highest BCUT2D eigenvalue weighted by molar-refractivity contribution is 5.56. The van der Waals surface area contributed by atoms with Crippen molar-refractivity contribution in [2.75, 3.05) is 11.9 Å². The second kappa shape index (κ2) is 6.27. The molecule has 2 aromatic rings. The first-order chi connectivity index (χ1) is 9.15. The van der Waals surface area contributed by atoms with Gasteiger partial charge in [-0.25, -0.2) is 4.98 Å². The summed E-state index contributed by atoms with van der Waals surface area (Å²) in [5.41, 5.74) is 2.08. The van der Waals surface area contributed by atoms with Crippen molar-refractivity contribution < 1.29 is 4.74 Å². The molecule has 4 heteroatoms. The Hall–Kier alpha value is -1.97. The van der Waals surface area contributed by atoms with Gasteiger partial charge in [0, 0.05) is 0 Å². The Morgan fingerprint density at radius 2 is 2.11 bits per heavy atom. The van der Waals surface area contributed by atoms with Gasteiger partial charge in [-0.1, -0.05) is 26.0 Å². The molecule has 0 fully saturated rings. The Morgan fingerprint density at radius 3 is 2.79 bits per heavy atom. The van der Waals surface area contributed by atoms with E-state index in [0.717, 1.165) is 29.6 Å². The Morgan fingerprint density at radius 1 is 1.32 bits per heavy atom. The number of hydrogen-bond donors (Lipinski definition) is 2. The van der Waals surface area contributed by atoms with Crippen molar-refractivity contribution in [3.63, 3.8) is 0 Å². The highest BCUT2D eigenvalue weighted by Crippen LogP contribution is 2.24. The Bertz CT molecular complexity index is 520. The normalized spacial score (nSPS) is 10.7. The third-order valence-corrected chi connectivity index (χ3v) is 2.68. The van der Waals surface area contributed by atoms with Crippen LogP contribution in [0.15, 0.2) is 30.5 Å². The van der Waals surface area contributed by atoms with Crippen LogP contribution in [0, 0.1) is 12.8 Å². The third-order valence-electron chi connectivity index (χ3n) is 2.68. The third kappa shape index (κ3) is 4.02. The fourth-order valence-corrected chi connectivity index (χ4v) is 1.75. The molecule has 0 unspecified atom stereocenters. The van der Waals surface area contributed by atoms with E-state index < -0.39 is 0 Å². The average Bonchev–Trinajstić information content (AvgIpc) is 2.80. The number of benzene rings is 1. The van der Waals surface area contributed by atoms with Crippen molar-refractivity contribution >= 4 is 5.69 Å². The molecule has 19 heavy (non-hydrogen) atoms. The van der Waals surface area contributed by atoms with E-state index in [2.05, 4.69) is 29.1 Å². The molecular weight excluding hydrogens is 238 g/mol. The lowest BCUT2D eigenvalue weighted by atomic mass is 10.2. The molecule has 0 radical (unpaired) electrons. The van der Waals surface area contributed by atoms with Crippen LogP contribution >= 0.6 is 0 Å². The molecule has 2 rings (SSSR count). The number of hydrogen-bond acceptors (Lipinski definition) is 3. The van der Waals surface area contributed by atoms with Crippen molar-refractivity contribution in [3.8, 4) is 5.75 Å². The van der Waals surface area contributed by atoms with E-state index >= 15 is 0 Å². The first kappa shape index (κ1) is 13.5. The standard InChI is InChI=1S/C15H21N3O/c1-11(2)10-19-15-7-5-4-6-14(15)17-9-13-8-16-12(3)18-13/h4-8,11,17H,9-10H2,1-3H3,(H,16,18). The SMILES string of the molecule is Cc1ncc(CNc2ccccc2OCC(C)C)[nH]1. The van der Waals surface area contributed by atoms with Crippen LogP contribution in [0.25, 0.3) is 0 Å². The van der Waals surface area contributed by atoms with Gasteiger partial charge in [-0.2, -0.15) is 0 Å². The van der Waals surface area contributed by atoms with Gasteiger partial charge in [-0.15, -0.1) is 0 Å². The van der Waals surface area contributed by atoms with Gasteiger partial charge in [0.1, 0.15) is 11.6 Å². The molecule has 0 spiro atoms. The number of nitrogens with one attached hydrogen (secondary N) is 2. The largest absolute Gasteiger partial charge is 0.491 e. The molecule has 2 N–H and O–H groups in total. The van der Waals surface area contributed by atoms with Crippen LogP contribution in [-0.4, -0.2) is 16.6 Å². The maximum Gasteiger partial charge on any atom is 0.142 e. The molecule has 0 aliphatic heterocycles. The lowest BCUT2D eigenvalue weighted by molar-refractivity contribution is 0.272. The van der Waals surface area contributed by atoms with E-state index in [9.17, 15) is 0 Å². The van der Waals surface area contributed by atoms with Gasteiger partial charge >= 0.3 is 0 Å². The second-order valence-electron chi connectivity index (χ2n) is 5.05. The molecule has 1 aromatic heterocycles. The predicted molar refractivity (Wildman–Crippen MR) is 77.4 cm³/mol. The Kier molecular flexibility index (Phi) is 4.44. The Labute approximate surface area is 114 Å². The molecule has 4 nitrogen and oxygen atoms in total. The summed E-state index contributed by atoms with van der Waals surface area (Å²) in [6.45, 7) is 7.67. The fraction of sp³-hybridized carbons (Fsp3) is 0.400. The van der Waals surface area contributed by atoms with Gasteiger partial charge in [-0.3, -0.25) is 0 Å². The zero-order valence-electron chi connectivity index (χ0n) is 11.7. The molecule has 0 aliphatic carbocycles. The summed E-state index contributed by atoms with van der Waals surface area (Å²) in [5.74, 6) is 2.34. The maximum atomic E-state index is 5.80. The summed E-state index contributed by atoms with van der Waals surface area (Å²) in [6.07, 6.45) is 1.85. The number of aryl methyl sites for hydroxylation is 1. The molecule has 0 saturated carbocycles. The molecule has 0 amide bonds. The monoisotopic (exact) mass is 259 g/mol. The van der Waals surface area contributed by atoms with Crippen LogP contribution in [0.4, 0.5) is 5.69 Å². The highest BCUT2D eigenvalue weighted by atomic mass is 16.5. The summed E-state index contributed by atoms with van der Waals surface area (Å²) in [7, 11) is 0. The van der Waals surface area contributed by atoms with Crippen LogP contribution in [0.5, 0.6) is 5.75 Å². The van der Waals surface area contributed by atoms with Gasteiger partial charge in [0.15, 0.2) is 0 Å². The van der Waals surface area contributed by atoms with E-state index in [0.29, 0.717) is 12.5 Å². The minimum atomic E-state index is 0.517. The van der Waals surface area contributed by atoms with E-state index in [1.54, 1.807) is 0 Å². The van der Waals surface area contributed by atoms with Crippen molar-refractivity contribution in [3.05, 3.63) is 42.0 Å². The van der Waals surface area contributed by atoms with Crippen molar-refractivity contribution in [1.82, 2.24) is 9.97 Å². The fourth-order valence-electron chi connectivity index (χ4n) is 1.75. The van der Waals surface area contributed by atoms with Gasteiger partial charge in [0.25, 0.3) is 0 Å². The number of para-hydroxylation sites is 2. The summed E-state index contributed by atoms with van der Waals surface area (Å²) >= 11 is 0. The Balaban J connectivity index is 1.99. The zero-order valence-corrected chi connectivity index (χ0v) is 11.7. The number of ether oxygens (including phenoxy) is 1. The first-order valence-corrected chi connectivity index (χ1v) is 6.61. The van der Waals surface area contributed by atoms with E-state index in [1.807, 2.05) is 37.4 Å².